The Morgan fingerprint density at radius 1 is 1.59 bits per heavy atom. The second-order valence-electron chi connectivity index (χ2n) is 4.24. The van der Waals surface area contributed by atoms with E-state index in [1.165, 1.54) is 16.7 Å². The number of carboxylic acids is 1. The summed E-state index contributed by atoms with van der Waals surface area (Å²) in [4.78, 5) is 24.8. The summed E-state index contributed by atoms with van der Waals surface area (Å²) in [6.07, 6.45) is 0. The third-order valence-corrected chi connectivity index (χ3v) is 4.10. The molecular weight excluding hydrogens is 240 g/mol. The first-order valence-corrected chi connectivity index (χ1v) is 6.91. The highest BCUT2D eigenvalue weighted by Crippen LogP contribution is 2.30. The van der Waals surface area contributed by atoms with Crippen molar-refractivity contribution in [1.82, 2.24) is 10.2 Å². The summed E-state index contributed by atoms with van der Waals surface area (Å²) in [6.45, 7) is 7.09. The van der Waals surface area contributed by atoms with Gasteiger partial charge in [-0.25, -0.2) is 4.79 Å². The molecule has 17 heavy (non-hydrogen) atoms. The van der Waals surface area contributed by atoms with E-state index in [-0.39, 0.29) is 17.2 Å². The number of aliphatic carboxylic acids is 1. The molecule has 0 aromatic heterocycles. The van der Waals surface area contributed by atoms with Gasteiger partial charge < -0.3 is 15.3 Å². The molecule has 0 saturated carbocycles. The Kier molecular flexibility index (Phi) is 5.27. The molecule has 0 spiro atoms. The van der Waals surface area contributed by atoms with E-state index in [1.807, 2.05) is 20.8 Å². The van der Waals surface area contributed by atoms with Crippen LogP contribution in [0.2, 0.25) is 0 Å². The van der Waals surface area contributed by atoms with Crippen molar-refractivity contribution in [2.45, 2.75) is 32.2 Å². The van der Waals surface area contributed by atoms with Crippen LogP contribution in [0.3, 0.4) is 0 Å². The zero-order valence-corrected chi connectivity index (χ0v) is 11.3. The lowest BCUT2D eigenvalue weighted by Gasteiger charge is -2.28. The molecule has 3 unspecified atom stereocenters. The van der Waals surface area contributed by atoms with Gasteiger partial charge in [-0.15, -0.1) is 11.8 Å². The number of rotatable bonds is 5. The Hall–Kier alpha value is -0.750. The first-order valence-electron chi connectivity index (χ1n) is 5.86. The van der Waals surface area contributed by atoms with Crippen molar-refractivity contribution in [2.75, 3.05) is 18.8 Å². The lowest BCUT2D eigenvalue weighted by Crippen LogP contribution is -2.48. The molecule has 2 N–H and O–H groups in total. The van der Waals surface area contributed by atoms with Gasteiger partial charge in [-0.2, -0.15) is 0 Å². The smallest absolute Gasteiger partial charge is 0.327 e. The monoisotopic (exact) mass is 260 g/mol. The molecule has 98 valence electrons. The van der Waals surface area contributed by atoms with Crippen molar-refractivity contribution in [3.05, 3.63) is 0 Å². The van der Waals surface area contributed by atoms with Crippen molar-refractivity contribution in [3.63, 3.8) is 0 Å². The van der Waals surface area contributed by atoms with Crippen LogP contribution in [0.25, 0.3) is 0 Å². The van der Waals surface area contributed by atoms with Crippen molar-refractivity contribution < 1.29 is 14.7 Å². The van der Waals surface area contributed by atoms with E-state index >= 15 is 0 Å². The van der Waals surface area contributed by atoms with Gasteiger partial charge in [-0.3, -0.25) is 4.79 Å². The molecule has 0 radical (unpaired) electrons. The van der Waals surface area contributed by atoms with Gasteiger partial charge in [0.15, 0.2) is 0 Å². The highest BCUT2D eigenvalue weighted by molar-refractivity contribution is 8.00. The molecule has 1 saturated heterocycles. The number of carbonyl (C=O) groups is 2. The van der Waals surface area contributed by atoms with Gasteiger partial charge in [-0.05, 0) is 13.5 Å². The van der Waals surface area contributed by atoms with Gasteiger partial charge in [0.25, 0.3) is 0 Å². The Morgan fingerprint density at radius 3 is 2.76 bits per heavy atom. The van der Waals surface area contributed by atoms with E-state index in [0.717, 1.165) is 6.54 Å². The van der Waals surface area contributed by atoms with E-state index in [9.17, 15) is 9.59 Å². The highest BCUT2D eigenvalue weighted by Gasteiger charge is 2.40. The quantitative estimate of drug-likeness (QED) is 0.758. The molecular formula is C11H20N2O3S. The molecule has 0 bridgehead atoms. The van der Waals surface area contributed by atoms with Crippen LogP contribution in [0.4, 0.5) is 0 Å². The van der Waals surface area contributed by atoms with Gasteiger partial charge in [0, 0.05) is 18.2 Å². The van der Waals surface area contributed by atoms with E-state index in [1.54, 1.807) is 0 Å². The Bertz CT molecular complexity index is 298. The third kappa shape index (κ3) is 3.35. The van der Waals surface area contributed by atoms with Gasteiger partial charge in [-0.1, -0.05) is 13.8 Å². The minimum Gasteiger partial charge on any atom is -0.480 e. The first-order chi connectivity index (χ1) is 7.99. The number of hydrogen-bond acceptors (Lipinski definition) is 4. The minimum absolute atomic E-state index is 0.0484. The largest absolute Gasteiger partial charge is 0.480 e. The molecule has 1 rings (SSSR count). The van der Waals surface area contributed by atoms with Crippen LogP contribution in [-0.2, 0) is 9.59 Å². The first kappa shape index (κ1) is 14.3. The zero-order chi connectivity index (χ0) is 13.0. The molecule has 1 heterocycles. The maximum atomic E-state index is 12.2. The molecule has 1 aliphatic rings. The van der Waals surface area contributed by atoms with Gasteiger partial charge in [0.2, 0.25) is 5.91 Å². The number of hydrogen-bond donors (Lipinski definition) is 2. The van der Waals surface area contributed by atoms with Crippen molar-refractivity contribution in [3.8, 4) is 0 Å². The lowest BCUT2D eigenvalue weighted by atomic mass is 10.1. The average Bonchev–Trinajstić information content (AvgIpc) is 2.67. The molecule has 0 aromatic rings. The number of amides is 1. The molecule has 6 heteroatoms. The van der Waals surface area contributed by atoms with Crippen LogP contribution in [-0.4, -0.2) is 52.1 Å². The van der Waals surface area contributed by atoms with Crippen LogP contribution < -0.4 is 5.32 Å². The Labute approximate surface area is 106 Å². The lowest BCUT2D eigenvalue weighted by molar-refractivity contribution is -0.150. The van der Waals surface area contributed by atoms with Crippen LogP contribution in [0.15, 0.2) is 0 Å². The van der Waals surface area contributed by atoms with Crippen LogP contribution in [0, 0.1) is 5.92 Å². The third-order valence-electron chi connectivity index (χ3n) is 2.88. The fourth-order valence-electron chi connectivity index (χ4n) is 1.87. The normalized spacial score (nSPS) is 25.9. The standard InChI is InChI=1S/C11H20N2O3S/c1-4-12-5-7(2)10(14)13-8(3)17-6-9(13)11(15)16/h7-9,12H,4-6H2,1-3H3,(H,15,16). The summed E-state index contributed by atoms with van der Waals surface area (Å²) in [7, 11) is 0. The van der Waals surface area contributed by atoms with E-state index in [0.29, 0.717) is 12.3 Å². The number of nitrogens with zero attached hydrogens (tertiary/aromatic N) is 1. The molecule has 1 aliphatic heterocycles. The fraction of sp³-hybridized carbons (Fsp3) is 0.818. The SMILES string of the molecule is CCNCC(C)C(=O)N1C(C)SCC1C(=O)O. The summed E-state index contributed by atoms with van der Waals surface area (Å²) in [5.74, 6) is -0.685. The molecule has 5 nitrogen and oxygen atoms in total. The molecule has 1 amide bonds. The van der Waals surface area contributed by atoms with Gasteiger partial charge in [0.05, 0.1) is 5.37 Å². The second kappa shape index (κ2) is 6.26. The number of thioether (sulfide) groups is 1. The van der Waals surface area contributed by atoms with E-state index < -0.39 is 12.0 Å². The predicted molar refractivity (Wildman–Crippen MR) is 67.9 cm³/mol. The zero-order valence-electron chi connectivity index (χ0n) is 10.5. The summed E-state index contributed by atoms with van der Waals surface area (Å²) in [6, 6.07) is -0.674. The molecule has 0 aliphatic carbocycles. The number of nitrogens with one attached hydrogen (secondary N) is 1. The highest BCUT2D eigenvalue weighted by atomic mass is 32.2. The van der Waals surface area contributed by atoms with E-state index in [4.69, 9.17) is 5.11 Å². The second-order valence-corrected chi connectivity index (χ2v) is 5.59. The molecule has 0 aromatic carbocycles. The molecule has 1 fully saturated rings. The van der Waals surface area contributed by atoms with E-state index in [2.05, 4.69) is 5.32 Å². The Morgan fingerprint density at radius 2 is 2.24 bits per heavy atom. The van der Waals surface area contributed by atoms with Crippen LogP contribution in [0.1, 0.15) is 20.8 Å². The number of carboxylic acid groups (broad SMARTS) is 1. The van der Waals surface area contributed by atoms with Crippen molar-refractivity contribution in [2.24, 2.45) is 5.92 Å². The topological polar surface area (TPSA) is 69.6 Å². The summed E-state index contributed by atoms with van der Waals surface area (Å²) >= 11 is 1.52. The fourth-order valence-corrected chi connectivity index (χ4v) is 3.05. The van der Waals surface area contributed by atoms with Crippen LogP contribution in [0.5, 0.6) is 0 Å². The van der Waals surface area contributed by atoms with Crippen LogP contribution >= 0.6 is 11.8 Å². The predicted octanol–water partition coefficient (Wildman–Crippen LogP) is 0.607. The maximum absolute atomic E-state index is 12.2. The van der Waals surface area contributed by atoms with Gasteiger partial charge >= 0.3 is 5.97 Å². The maximum Gasteiger partial charge on any atom is 0.327 e. The van der Waals surface area contributed by atoms with Crippen molar-refractivity contribution >= 4 is 23.6 Å². The molecule has 3 atom stereocenters. The average molecular weight is 260 g/mol. The summed E-state index contributed by atoms with van der Waals surface area (Å²) < 4.78 is 0. The van der Waals surface area contributed by atoms with Crippen molar-refractivity contribution in [1.29, 1.82) is 0 Å². The van der Waals surface area contributed by atoms with Gasteiger partial charge in [0.1, 0.15) is 6.04 Å². The summed E-state index contributed by atoms with van der Waals surface area (Å²) in [5, 5.41) is 12.1. The minimum atomic E-state index is -0.911. The summed E-state index contributed by atoms with van der Waals surface area (Å²) in [5.41, 5.74) is 0. The Balaban J connectivity index is 2.68. The number of carbonyl (C=O) groups excluding carboxylic acids is 1.